The van der Waals surface area contributed by atoms with Gasteiger partial charge in [0.15, 0.2) is 11.5 Å². The fraction of sp³-hybridized carbons (Fsp3) is 0.182. The van der Waals surface area contributed by atoms with E-state index in [1.807, 2.05) is 0 Å². The molecule has 1 aromatic heterocycles. The van der Waals surface area contributed by atoms with Crippen LogP contribution < -0.4 is 9.47 Å². The molecule has 0 unspecified atom stereocenters. The maximum atomic E-state index is 15.0. The van der Waals surface area contributed by atoms with E-state index >= 15 is 0 Å². The van der Waals surface area contributed by atoms with E-state index in [2.05, 4.69) is 4.98 Å². The van der Waals surface area contributed by atoms with Crippen LogP contribution in [0.3, 0.4) is 0 Å². The summed E-state index contributed by atoms with van der Waals surface area (Å²) < 4.78 is 55.6. The van der Waals surface area contributed by atoms with Gasteiger partial charge in [-0.2, -0.15) is 0 Å². The van der Waals surface area contributed by atoms with Crippen molar-refractivity contribution < 1.29 is 30.9 Å². The number of halogens is 2. The van der Waals surface area contributed by atoms with E-state index in [-0.39, 0.29) is 59.5 Å². The van der Waals surface area contributed by atoms with E-state index in [0.29, 0.717) is 11.3 Å². The Labute approximate surface area is 173 Å². The van der Waals surface area contributed by atoms with Crippen LogP contribution in [-0.4, -0.2) is 27.7 Å². The molecule has 0 radical (unpaired) electrons. The van der Waals surface area contributed by atoms with Gasteiger partial charge in [-0.1, -0.05) is 12.1 Å². The van der Waals surface area contributed by atoms with Gasteiger partial charge in [-0.3, -0.25) is 9.78 Å². The summed E-state index contributed by atoms with van der Waals surface area (Å²) in [5.74, 6) is -1.96. The summed E-state index contributed by atoms with van der Waals surface area (Å²) in [5.41, 5.74) is 1.00. The van der Waals surface area contributed by atoms with Gasteiger partial charge in [-0.05, 0) is 29.8 Å². The van der Waals surface area contributed by atoms with Crippen molar-refractivity contribution in [1.82, 2.24) is 9.88 Å². The van der Waals surface area contributed by atoms with Crippen molar-refractivity contribution in [2.24, 2.45) is 0 Å². The van der Waals surface area contributed by atoms with Crippen molar-refractivity contribution in [2.75, 3.05) is 6.79 Å². The fourth-order valence-corrected chi connectivity index (χ4v) is 3.72. The molecule has 0 bridgehead atoms. The molecule has 8 heteroatoms. The number of pyridine rings is 1. The van der Waals surface area contributed by atoms with Crippen LogP contribution in [0.15, 0.2) is 42.6 Å². The summed E-state index contributed by atoms with van der Waals surface area (Å²) in [7, 11) is 0. The standard InChI is InChI=1S/C22H16F2N2O4/c23-17-6-13(14-4-3-12(10-27)20-21(14)30-11-29-20)7-18(24)16(17)8-26-9-19-15(22(26)28)2-1-5-25-19/h1-7,27H,8-11H2/i10D2. The SMILES string of the molecule is [2H]C([2H])(O)c1ccc(-c2cc(F)c(CN3Cc4ncccc4C3=O)c(F)c2)c2c1OCO2. The van der Waals surface area contributed by atoms with Gasteiger partial charge in [0.1, 0.15) is 11.6 Å². The highest BCUT2D eigenvalue weighted by Crippen LogP contribution is 2.44. The Morgan fingerprint density at radius 1 is 1.13 bits per heavy atom. The maximum absolute atomic E-state index is 15.0. The molecule has 0 aliphatic carbocycles. The predicted molar refractivity (Wildman–Crippen MR) is 102 cm³/mol. The number of fused-ring (bicyclic) bond motifs is 2. The lowest BCUT2D eigenvalue weighted by Gasteiger charge is -2.17. The van der Waals surface area contributed by atoms with Gasteiger partial charge in [0, 0.05) is 22.9 Å². The lowest BCUT2D eigenvalue weighted by Crippen LogP contribution is -2.24. The maximum Gasteiger partial charge on any atom is 0.256 e. The number of carbonyl (C=O) groups is 1. The van der Waals surface area contributed by atoms with Crippen molar-refractivity contribution in [3.8, 4) is 22.6 Å². The molecule has 0 fully saturated rings. The number of rotatable bonds is 4. The van der Waals surface area contributed by atoms with Crippen LogP contribution >= 0.6 is 0 Å². The fourth-order valence-electron chi connectivity index (χ4n) is 3.72. The van der Waals surface area contributed by atoms with Gasteiger partial charge >= 0.3 is 0 Å². The minimum absolute atomic E-state index is 0.0205. The monoisotopic (exact) mass is 412 g/mol. The Bertz CT molecular complexity index is 1240. The molecule has 2 aromatic carbocycles. The second-order valence-corrected chi connectivity index (χ2v) is 6.91. The van der Waals surface area contributed by atoms with Crippen molar-refractivity contribution in [3.63, 3.8) is 0 Å². The van der Waals surface area contributed by atoms with E-state index in [4.69, 9.17) is 12.2 Å². The second kappa shape index (κ2) is 7.07. The van der Waals surface area contributed by atoms with Gasteiger partial charge < -0.3 is 19.5 Å². The normalized spacial score (nSPS) is 15.8. The third-order valence-corrected chi connectivity index (χ3v) is 5.19. The summed E-state index contributed by atoms with van der Waals surface area (Å²) in [4.78, 5) is 18.0. The lowest BCUT2D eigenvalue weighted by atomic mass is 9.99. The van der Waals surface area contributed by atoms with E-state index in [9.17, 15) is 18.7 Å². The minimum atomic E-state index is -2.68. The third kappa shape index (κ3) is 2.88. The molecule has 30 heavy (non-hydrogen) atoms. The summed E-state index contributed by atoms with van der Waals surface area (Å²) in [6, 6.07) is 8.18. The van der Waals surface area contributed by atoms with Crippen molar-refractivity contribution in [2.45, 2.75) is 19.6 Å². The van der Waals surface area contributed by atoms with Crippen LogP contribution in [0.5, 0.6) is 11.5 Å². The smallest absolute Gasteiger partial charge is 0.256 e. The molecule has 1 amide bonds. The van der Waals surface area contributed by atoms with Crippen LogP contribution in [-0.2, 0) is 19.6 Å². The zero-order chi connectivity index (χ0) is 22.6. The third-order valence-electron chi connectivity index (χ3n) is 5.19. The average molecular weight is 412 g/mol. The van der Waals surface area contributed by atoms with Crippen LogP contribution in [0.1, 0.15) is 29.9 Å². The lowest BCUT2D eigenvalue weighted by molar-refractivity contribution is 0.0763. The van der Waals surface area contributed by atoms with E-state index in [1.165, 1.54) is 17.0 Å². The highest BCUT2D eigenvalue weighted by Gasteiger charge is 2.30. The molecule has 152 valence electrons. The number of aromatic nitrogens is 1. The molecule has 0 saturated heterocycles. The molecule has 1 N–H and O–H groups in total. The Hall–Kier alpha value is -3.52. The van der Waals surface area contributed by atoms with Crippen molar-refractivity contribution in [3.05, 3.63) is 76.6 Å². The average Bonchev–Trinajstić information content (AvgIpc) is 3.34. The molecule has 6 nitrogen and oxygen atoms in total. The largest absolute Gasteiger partial charge is 0.453 e. The van der Waals surface area contributed by atoms with E-state index < -0.39 is 18.2 Å². The van der Waals surface area contributed by atoms with Gasteiger partial charge in [0.2, 0.25) is 6.79 Å². The first-order valence-electron chi connectivity index (χ1n) is 10.1. The summed E-state index contributed by atoms with van der Waals surface area (Å²) in [6.45, 7) is -2.98. The Morgan fingerprint density at radius 2 is 1.90 bits per heavy atom. The zero-order valence-electron chi connectivity index (χ0n) is 17.5. The van der Waals surface area contributed by atoms with Gasteiger partial charge in [0.05, 0.1) is 33.6 Å². The Morgan fingerprint density at radius 3 is 2.63 bits per heavy atom. The van der Waals surface area contributed by atoms with Gasteiger partial charge in [0.25, 0.3) is 5.91 Å². The number of nitrogens with zero attached hydrogens (tertiary/aromatic N) is 2. The van der Waals surface area contributed by atoms with Crippen LogP contribution in [0.25, 0.3) is 11.1 Å². The second-order valence-electron chi connectivity index (χ2n) is 6.91. The molecule has 3 heterocycles. The number of ether oxygens (including phenoxy) is 2. The molecular formula is C22H16F2N2O4. The number of benzene rings is 2. The summed E-state index contributed by atoms with van der Waals surface area (Å²) in [6.07, 6.45) is 1.56. The van der Waals surface area contributed by atoms with Crippen LogP contribution in [0, 0.1) is 11.6 Å². The number of amides is 1. The quantitative estimate of drug-likeness (QED) is 0.711. The Kier molecular flexibility index (Phi) is 3.84. The topological polar surface area (TPSA) is 71.9 Å². The van der Waals surface area contributed by atoms with E-state index in [1.54, 1.807) is 18.3 Å². The number of carbonyl (C=O) groups excluding carboxylic acids is 1. The van der Waals surface area contributed by atoms with Crippen LogP contribution in [0.2, 0.25) is 0 Å². The Balaban J connectivity index is 1.48. The molecule has 0 saturated carbocycles. The molecule has 2 aliphatic rings. The highest BCUT2D eigenvalue weighted by molar-refractivity contribution is 5.97. The zero-order valence-corrected chi connectivity index (χ0v) is 15.5. The minimum Gasteiger partial charge on any atom is -0.453 e. The van der Waals surface area contributed by atoms with Crippen LogP contribution in [0.4, 0.5) is 8.78 Å². The van der Waals surface area contributed by atoms with Gasteiger partial charge in [-0.25, -0.2) is 8.78 Å². The molecule has 0 atom stereocenters. The number of hydrogen-bond acceptors (Lipinski definition) is 5. The predicted octanol–water partition coefficient (Wildman–Crippen LogP) is 3.40. The summed E-state index contributed by atoms with van der Waals surface area (Å²) >= 11 is 0. The molecule has 5 rings (SSSR count). The van der Waals surface area contributed by atoms with E-state index in [0.717, 1.165) is 12.1 Å². The molecule has 0 spiro atoms. The number of aliphatic hydroxyl groups is 1. The van der Waals surface area contributed by atoms with Crippen molar-refractivity contribution in [1.29, 1.82) is 0 Å². The summed E-state index contributed by atoms with van der Waals surface area (Å²) in [5, 5.41) is 9.70. The molecular weight excluding hydrogens is 394 g/mol. The first-order chi connectivity index (χ1) is 15.2. The first kappa shape index (κ1) is 16.3. The van der Waals surface area contributed by atoms with Gasteiger partial charge in [-0.15, -0.1) is 0 Å². The van der Waals surface area contributed by atoms with Crippen molar-refractivity contribution >= 4 is 5.91 Å². The molecule has 3 aromatic rings. The first-order valence-corrected chi connectivity index (χ1v) is 9.11. The highest BCUT2D eigenvalue weighted by atomic mass is 19.1. The molecule has 2 aliphatic heterocycles. The number of hydrogen-bond donors (Lipinski definition) is 1.